The highest BCUT2D eigenvalue weighted by atomic mass is 32.1. The zero-order chi connectivity index (χ0) is 23.7. The minimum atomic E-state index is -1.18. The first-order valence-corrected chi connectivity index (χ1v) is 10.4. The Bertz CT molecular complexity index is 930. The molecule has 0 aliphatic carbocycles. The number of hydrogen-bond donors (Lipinski definition) is 6. The molecule has 0 saturated heterocycles. The van der Waals surface area contributed by atoms with E-state index >= 15 is 0 Å². The minimum Gasteiger partial charge on any atom is -0.480 e. The van der Waals surface area contributed by atoms with E-state index < -0.39 is 35.8 Å². The molecule has 0 unspecified atom stereocenters. The fourth-order valence-electron chi connectivity index (χ4n) is 2.33. The highest BCUT2D eigenvalue weighted by Crippen LogP contribution is 2.19. The molecule has 2 aromatic carbocycles. The van der Waals surface area contributed by atoms with Crippen molar-refractivity contribution in [2.45, 2.75) is 12.1 Å². The van der Waals surface area contributed by atoms with Gasteiger partial charge in [0.15, 0.2) is 0 Å². The Hall–Kier alpha value is -3.38. The van der Waals surface area contributed by atoms with Crippen LogP contribution in [0.25, 0.3) is 0 Å². The molecule has 0 spiro atoms. The molecule has 4 N–H and O–H groups in total. The van der Waals surface area contributed by atoms with Gasteiger partial charge in [-0.3, -0.25) is 9.59 Å². The largest absolute Gasteiger partial charge is 0.480 e. The molecule has 168 valence electrons. The molecule has 0 aromatic heterocycles. The highest BCUT2D eigenvalue weighted by molar-refractivity contribution is 7.80. The van der Waals surface area contributed by atoms with Gasteiger partial charge in [0.05, 0.1) is 11.4 Å². The van der Waals surface area contributed by atoms with Crippen LogP contribution in [0.2, 0.25) is 0 Å². The summed E-state index contributed by atoms with van der Waals surface area (Å²) in [4.78, 5) is 46.1. The molecule has 0 bridgehead atoms. The highest BCUT2D eigenvalue weighted by Gasteiger charge is 2.19. The van der Waals surface area contributed by atoms with Gasteiger partial charge in [-0.2, -0.15) is 35.5 Å². The molecule has 12 heteroatoms. The van der Waals surface area contributed by atoms with Crippen molar-refractivity contribution < 1.29 is 29.4 Å². The topological polar surface area (TPSA) is 158 Å². The number of azo groups is 1. The third kappa shape index (κ3) is 7.10. The fourth-order valence-corrected chi connectivity index (χ4v) is 2.82. The normalized spacial score (nSPS) is 12.7. The third-order valence-electron chi connectivity index (χ3n) is 4.11. The summed E-state index contributed by atoms with van der Waals surface area (Å²) >= 11 is 7.79. The number of carboxylic acid groups (broad SMARTS) is 2. The van der Waals surface area contributed by atoms with Crippen LogP contribution < -0.4 is 10.6 Å². The molecule has 32 heavy (non-hydrogen) atoms. The summed E-state index contributed by atoms with van der Waals surface area (Å²) < 4.78 is 0. The fraction of sp³-hybridized carbons (Fsp3) is 0.200. The predicted molar refractivity (Wildman–Crippen MR) is 123 cm³/mol. The van der Waals surface area contributed by atoms with E-state index in [1.165, 1.54) is 24.3 Å². The molecular weight excluding hydrogens is 456 g/mol. The van der Waals surface area contributed by atoms with Crippen LogP contribution >= 0.6 is 25.3 Å². The van der Waals surface area contributed by atoms with E-state index in [0.717, 1.165) is 0 Å². The molecule has 0 saturated carbocycles. The number of nitrogens with one attached hydrogen (secondary N) is 2. The van der Waals surface area contributed by atoms with Gasteiger partial charge in [0.1, 0.15) is 12.1 Å². The molecule has 2 atom stereocenters. The van der Waals surface area contributed by atoms with E-state index in [2.05, 4.69) is 46.1 Å². The maximum absolute atomic E-state index is 12.1. The molecule has 0 heterocycles. The molecule has 0 radical (unpaired) electrons. The Morgan fingerprint density at radius 3 is 1.25 bits per heavy atom. The van der Waals surface area contributed by atoms with Crippen molar-refractivity contribution in [2.24, 2.45) is 10.2 Å². The number of thiol groups is 2. The molecule has 10 nitrogen and oxygen atoms in total. The maximum Gasteiger partial charge on any atom is 0.327 e. The molecule has 2 aromatic rings. The Morgan fingerprint density at radius 2 is 1.00 bits per heavy atom. The van der Waals surface area contributed by atoms with Crippen LogP contribution in [0, 0.1) is 0 Å². The van der Waals surface area contributed by atoms with Gasteiger partial charge in [-0.15, -0.1) is 0 Å². The van der Waals surface area contributed by atoms with Crippen LogP contribution in [0.4, 0.5) is 11.4 Å². The van der Waals surface area contributed by atoms with E-state index in [1.807, 2.05) is 0 Å². The quantitative estimate of drug-likeness (QED) is 0.228. The smallest absolute Gasteiger partial charge is 0.327 e. The number of nitrogens with zero attached hydrogens (tertiary/aromatic N) is 2. The maximum atomic E-state index is 12.1. The van der Waals surface area contributed by atoms with Gasteiger partial charge in [-0.05, 0) is 48.5 Å². The van der Waals surface area contributed by atoms with Gasteiger partial charge in [0.2, 0.25) is 0 Å². The second-order valence-corrected chi connectivity index (χ2v) is 7.12. The lowest BCUT2D eigenvalue weighted by atomic mass is 10.2. The summed E-state index contributed by atoms with van der Waals surface area (Å²) in [5.41, 5.74) is 1.41. The second-order valence-electron chi connectivity index (χ2n) is 6.39. The van der Waals surface area contributed by atoms with Gasteiger partial charge in [0.25, 0.3) is 11.8 Å². The Balaban J connectivity index is 2.00. The summed E-state index contributed by atoms with van der Waals surface area (Å²) in [5.74, 6) is -3.53. The van der Waals surface area contributed by atoms with Crippen molar-refractivity contribution in [3.63, 3.8) is 0 Å². The first-order valence-electron chi connectivity index (χ1n) is 9.16. The van der Waals surface area contributed by atoms with Crippen LogP contribution in [0.5, 0.6) is 0 Å². The van der Waals surface area contributed by atoms with Crippen LogP contribution in [0.3, 0.4) is 0 Å². The van der Waals surface area contributed by atoms with Crippen molar-refractivity contribution >= 4 is 60.4 Å². The van der Waals surface area contributed by atoms with Crippen molar-refractivity contribution in [3.8, 4) is 0 Å². The Labute approximate surface area is 193 Å². The van der Waals surface area contributed by atoms with Crippen molar-refractivity contribution in [1.29, 1.82) is 0 Å². The summed E-state index contributed by atoms with van der Waals surface area (Å²) in [6.07, 6.45) is 0. The van der Waals surface area contributed by atoms with E-state index in [0.29, 0.717) is 11.4 Å². The molecule has 2 amide bonds. The molecule has 0 aliphatic heterocycles. The van der Waals surface area contributed by atoms with Crippen molar-refractivity contribution in [1.82, 2.24) is 10.6 Å². The first-order chi connectivity index (χ1) is 15.2. The number of carbonyl (C=O) groups is 4. The number of aliphatic carboxylic acids is 2. The SMILES string of the molecule is O=C(N[C@H](CS)C(=O)O)c1ccc(N=Nc2ccc(C(=O)N[C@H](CS)C(=O)O)cc2)cc1. The second kappa shape index (κ2) is 11.9. The van der Waals surface area contributed by atoms with Gasteiger partial charge in [0, 0.05) is 22.6 Å². The standard InChI is InChI=1S/C20H20N4O6S2/c25-17(21-15(9-31)19(27)28)11-1-5-13(6-2-11)23-24-14-7-3-12(4-8-14)18(26)22-16(10-32)20(29)30/h1-8,15-16,31-32H,9-10H2,(H,21,25)(H,22,26)(H,27,28)(H,29,30)/t15-,16-/m1/s1. The lowest BCUT2D eigenvalue weighted by Gasteiger charge is -2.11. The third-order valence-corrected chi connectivity index (χ3v) is 4.84. The summed E-state index contributed by atoms with van der Waals surface area (Å²) in [5, 5.41) is 30.7. The van der Waals surface area contributed by atoms with Gasteiger partial charge in [-0.25, -0.2) is 9.59 Å². The van der Waals surface area contributed by atoms with Crippen molar-refractivity contribution in [3.05, 3.63) is 59.7 Å². The molecule has 0 fully saturated rings. The number of amides is 2. The van der Waals surface area contributed by atoms with Crippen LogP contribution in [0.15, 0.2) is 58.8 Å². The Morgan fingerprint density at radius 1 is 0.688 bits per heavy atom. The lowest BCUT2D eigenvalue weighted by molar-refractivity contribution is -0.139. The number of hydrogen-bond acceptors (Lipinski definition) is 8. The van der Waals surface area contributed by atoms with E-state index in [-0.39, 0.29) is 22.6 Å². The zero-order valence-corrected chi connectivity index (χ0v) is 18.3. The number of carboxylic acids is 2. The molecule has 2 rings (SSSR count). The van der Waals surface area contributed by atoms with E-state index in [4.69, 9.17) is 10.2 Å². The number of rotatable bonds is 10. The monoisotopic (exact) mass is 476 g/mol. The molecular formula is C20H20N4O6S2. The minimum absolute atomic E-state index is 0.0385. The van der Waals surface area contributed by atoms with E-state index in [1.54, 1.807) is 24.3 Å². The number of benzene rings is 2. The van der Waals surface area contributed by atoms with Crippen molar-refractivity contribution in [2.75, 3.05) is 11.5 Å². The van der Waals surface area contributed by atoms with Gasteiger partial charge < -0.3 is 20.8 Å². The average Bonchev–Trinajstić information content (AvgIpc) is 2.79. The summed E-state index contributed by atoms with van der Waals surface area (Å²) in [6, 6.07) is 9.90. The number of carbonyl (C=O) groups excluding carboxylic acids is 2. The summed E-state index contributed by atoms with van der Waals surface area (Å²) in [6.45, 7) is 0. The lowest BCUT2D eigenvalue weighted by Crippen LogP contribution is -2.42. The molecule has 0 aliphatic rings. The van der Waals surface area contributed by atoms with E-state index in [9.17, 15) is 19.2 Å². The first kappa shape index (κ1) is 24.9. The average molecular weight is 477 g/mol. The predicted octanol–water partition coefficient (Wildman–Crippen LogP) is 2.33. The van der Waals surface area contributed by atoms with Gasteiger partial charge in [-0.1, -0.05) is 0 Å². The van der Waals surface area contributed by atoms with Crippen LogP contribution in [-0.2, 0) is 9.59 Å². The van der Waals surface area contributed by atoms with Gasteiger partial charge >= 0.3 is 11.9 Å². The van der Waals surface area contributed by atoms with Crippen LogP contribution in [-0.4, -0.2) is 57.6 Å². The van der Waals surface area contributed by atoms with Crippen LogP contribution in [0.1, 0.15) is 20.7 Å². The Kier molecular flexibility index (Phi) is 9.22. The summed E-state index contributed by atoms with van der Waals surface area (Å²) in [7, 11) is 0. The zero-order valence-electron chi connectivity index (χ0n) is 16.5.